The number of nitrogens with zero attached hydrogens (tertiary/aromatic N) is 2. The highest BCUT2D eigenvalue weighted by Crippen LogP contribution is 2.18. The summed E-state index contributed by atoms with van der Waals surface area (Å²) in [4.78, 5) is 8.40. The van der Waals surface area contributed by atoms with Gasteiger partial charge in [-0.2, -0.15) is 0 Å². The molecule has 0 radical (unpaired) electrons. The molecule has 5 heteroatoms. The molecule has 0 aliphatic rings. The molecule has 0 bridgehead atoms. The van der Waals surface area contributed by atoms with Crippen molar-refractivity contribution in [3.8, 4) is 0 Å². The van der Waals surface area contributed by atoms with Crippen LogP contribution >= 0.6 is 12.2 Å². The average Bonchev–Trinajstić information content (AvgIpc) is 2.40. The maximum Gasteiger partial charge on any atom is 0.122 e. The van der Waals surface area contributed by atoms with Crippen LogP contribution in [0, 0.1) is 0 Å². The summed E-state index contributed by atoms with van der Waals surface area (Å²) in [5, 5.41) is 3.37. The van der Waals surface area contributed by atoms with Gasteiger partial charge in [-0.25, -0.2) is 0 Å². The Morgan fingerprint density at radius 3 is 2.67 bits per heavy atom. The Kier molecular flexibility index (Phi) is 3.84. The second kappa shape index (κ2) is 5.55. The highest BCUT2D eigenvalue weighted by atomic mass is 32.1. The summed E-state index contributed by atoms with van der Waals surface area (Å²) in [6, 6.07) is 7.87. The minimum atomic E-state index is 0.176. The van der Waals surface area contributed by atoms with Crippen LogP contribution in [0.25, 0.3) is 0 Å². The van der Waals surface area contributed by atoms with E-state index in [4.69, 9.17) is 18.0 Å². The first kappa shape index (κ1) is 12.4. The summed E-state index contributed by atoms with van der Waals surface area (Å²) in [7, 11) is 0. The molecule has 0 fully saturated rings. The van der Waals surface area contributed by atoms with Gasteiger partial charge in [-0.3, -0.25) is 9.97 Å². The molecule has 1 atom stereocenters. The first-order chi connectivity index (χ1) is 8.66. The van der Waals surface area contributed by atoms with E-state index in [-0.39, 0.29) is 6.04 Å². The van der Waals surface area contributed by atoms with Crippen LogP contribution < -0.4 is 11.1 Å². The summed E-state index contributed by atoms with van der Waals surface area (Å²) >= 11 is 4.91. The van der Waals surface area contributed by atoms with E-state index < -0.39 is 0 Å². The lowest BCUT2D eigenvalue weighted by atomic mass is 10.1. The molecule has 1 unspecified atom stereocenters. The second-order valence-corrected chi connectivity index (χ2v) is 4.38. The van der Waals surface area contributed by atoms with Crippen molar-refractivity contribution >= 4 is 22.9 Å². The lowest BCUT2D eigenvalue weighted by Gasteiger charge is -2.15. The minimum Gasteiger partial charge on any atom is -0.388 e. The number of rotatable bonds is 4. The number of nitrogens with two attached hydrogens (primary N) is 1. The zero-order valence-electron chi connectivity index (χ0n) is 10.00. The Morgan fingerprint density at radius 2 is 2.00 bits per heavy atom. The SMILES string of the molecule is CC(Nc1ccnc(C(N)=S)c1)c1ccncc1. The number of anilines is 1. The van der Waals surface area contributed by atoms with E-state index in [0.29, 0.717) is 10.7 Å². The molecule has 0 aliphatic heterocycles. The molecule has 0 aromatic carbocycles. The molecule has 0 aliphatic carbocycles. The molecule has 0 spiro atoms. The molecule has 18 heavy (non-hydrogen) atoms. The van der Waals surface area contributed by atoms with Crippen LogP contribution in [0.2, 0.25) is 0 Å². The zero-order chi connectivity index (χ0) is 13.0. The van der Waals surface area contributed by atoms with Crippen LogP contribution in [-0.4, -0.2) is 15.0 Å². The molecule has 92 valence electrons. The van der Waals surface area contributed by atoms with Crippen molar-refractivity contribution in [1.29, 1.82) is 0 Å². The molecular weight excluding hydrogens is 244 g/mol. The highest BCUT2D eigenvalue weighted by Gasteiger charge is 2.06. The number of nitrogens with one attached hydrogen (secondary N) is 1. The molecule has 0 saturated carbocycles. The predicted octanol–water partition coefficient (Wildman–Crippen LogP) is 2.28. The van der Waals surface area contributed by atoms with Gasteiger partial charge in [0.25, 0.3) is 0 Å². The number of hydrogen-bond acceptors (Lipinski definition) is 4. The van der Waals surface area contributed by atoms with Crippen molar-refractivity contribution in [1.82, 2.24) is 9.97 Å². The zero-order valence-corrected chi connectivity index (χ0v) is 10.8. The molecule has 4 nitrogen and oxygen atoms in total. The first-order valence-corrected chi connectivity index (χ1v) is 6.00. The standard InChI is InChI=1S/C13H14N4S/c1-9(10-2-5-15-6-3-10)17-11-4-7-16-12(8-11)13(14)18/h2-9H,1H3,(H2,14,18)(H,16,17). The predicted molar refractivity (Wildman–Crippen MR) is 76.4 cm³/mol. The Bertz CT molecular complexity index is 542. The Hall–Kier alpha value is -2.01. The first-order valence-electron chi connectivity index (χ1n) is 5.59. The van der Waals surface area contributed by atoms with E-state index >= 15 is 0 Å². The number of pyridine rings is 2. The topological polar surface area (TPSA) is 63.8 Å². The van der Waals surface area contributed by atoms with Crippen molar-refractivity contribution in [2.75, 3.05) is 5.32 Å². The fourth-order valence-corrected chi connectivity index (χ4v) is 1.75. The summed E-state index contributed by atoms with van der Waals surface area (Å²) in [5.41, 5.74) is 8.29. The van der Waals surface area contributed by atoms with Crippen molar-refractivity contribution in [2.45, 2.75) is 13.0 Å². The van der Waals surface area contributed by atoms with E-state index in [0.717, 1.165) is 5.69 Å². The number of hydrogen-bond donors (Lipinski definition) is 2. The molecule has 2 heterocycles. The van der Waals surface area contributed by atoms with Crippen LogP contribution in [0.3, 0.4) is 0 Å². The van der Waals surface area contributed by atoms with Gasteiger partial charge < -0.3 is 11.1 Å². The van der Waals surface area contributed by atoms with Crippen molar-refractivity contribution < 1.29 is 0 Å². The van der Waals surface area contributed by atoms with Crippen molar-refractivity contribution in [2.24, 2.45) is 5.73 Å². The smallest absolute Gasteiger partial charge is 0.122 e. The van der Waals surface area contributed by atoms with E-state index in [1.54, 1.807) is 18.6 Å². The van der Waals surface area contributed by atoms with Crippen LogP contribution in [0.1, 0.15) is 24.2 Å². The molecule has 2 aromatic heterocycles. The summed E-state index contributed by atoms with van der Waals surface area (Å²) in [6.07, 6.45) is 5.25. The van der Waals surface area contributed by atoms with Crippen LogP contribution in [0.15, 0.2) is 42.9 Å². The van der Waals surface area contributed by atoms with Crippen molar-refractivity contribution in [3.63, 3.8) is 0 Å². The fraction of sp³-hybridized carbons (Fsp3) is 0.154. The monoisotopic (exact) mass is 258 g/mol. The summed E-state index contributed by atoms with van der Waals surface area (Å²) < 4.78 is 0. The van der Waals surface area contributed by atoms with E-state index in [2.05, 4.69) is 22.2 Å². The molecular formula is C13H14N4S. The van der Waals surface area contributed by atoms with Gasteiger partial charge in [0.2, 0.25) is 0 Å². The summed E-state index contributed by atoms with van der Waals surface area (Å²) in [6.45, 7) is 2.08. The van der Waals surface area contributed by atoms with Crippen molar-refractivity contribution in [3.05, 3.63) is 54.1 Å². The minimum absolute atomic E-state index is 0.176. The molecule has 0 amide bonds. The lowest BCUT2D eigenvalue weighted by molar-refractivity contribution is 0.880. The van der Waals surface area contributed by atoms with Crippen LogP contribution in [0.4, 0.5) is 5.69 Å². The molecule has 3 N–H and O–H groups in total. The quantitative estimate of drug-likeness (QED) is 0.824. The maximum absolute atomic E-state index is 5.56. The largest absolute Gasteiger partial charge is 0.388 e. The van der Waals surface area contributed by atoms with E-state index in [9.17, 15) is 0 Å². The van der Waals surface area contributed by atoms with Gasteiger partial charge in [0, 0.05) is 30.3 Å². The normalized spacial score (nSPS) is 11.8. The Labute approximate surface area is 111 Å². The number of thiocarbonyl (C=S) groups is 1. The van der Waals surface area contributed by atoms with Gasteiger partial charge in [-0.05, 0) is 36.8 Å². The Balaban J connectivity index is 2.14. The van der Waals surface area contributed by atoms with E-state index in [1.807, 2.05) is 24.3 Å². The molecule has 2 rings (SSSR count). The Morgan fingerprint density at radius 1 is 1.28 bits per heavy atom. The van der Waals surface area contributed by atoms with Gasteiger partial charge in [0.1, 0.15) is 4.99 Å². The van der Waals surface area contributed by atoms with Gasteiger partial charge in [-0.1, -0.05) is 12.2 Å². The fourth-order valence-electron chi connectivity index (χ4n) is 1.64. The van der Waals surface area contributed by atoms with Gasteiger partial charge >= 0.3 is 0 Å². The van der Waals surface area contributed by atoms with Gasteiger partial charge in [0.05, 0.1) is 5.69 Å². The average molecular weight is 258 g/mol. The number of aromatic nitrogens is 2. The highest BCUT2D eigenvalue weighted by molar-refractivity contribution is 7.80. The van der Waals surface area contributed by atoms with E-state index in [1.165, 1.54) is 5.56 Å². The third kappa shape index (κ3) is 3.01. The van der Waals surface area contributed by atoms with Crippen LogP contribution in [-0.2, 0) is 0 Å². The third-order valence-electron chi connectivity index (χ3n) is 2.60. The summed E-state index contributed by atoms with van der Waals surface area (Å²) in [5.74, 6) is 0. The van der Waals surface area contributed by atoms with Crippen LogP contribution in [0.5, 0.6) is 0 Å². The molecule has 0 saturated heterocycles. The molecule has 2 aromatic rings. The second-order valence-electron chi connectivity index (χ2n) is 3.94. The van der Waals surface area contributed by atoms with Gasteiger partial charge in [-0.15, -0.1) is 0 Å². The maximum atomic E-state index is 5.56. The van der Waals surface area contributed by atoms with Gasteiger partial charge in [0.15, 0.2) is 0 Å². The lowest BCUT2D eigenvalue weighted by Crippen LogP contribution is -2.13. The third-order valence-corrected chi connectivity index (χ3v) is 2.81.